The van der Waals surface area contributed by atoms with Gasteiger partial charge in [-0.05, 0) is 18.2 Å². The quantitative estimate of drug-likeness (QED) is 0.693. The number of rotatable bonds is 0. The number of phenolic OH excluding ortho intramolecular Hbond substituents is 1. The highest BCUT2D eigenvalue weighted by molar-refractivity contribution is 5.91. The number of nitriles is 2. The molecule has 0 bridgehead atoms. The molecule has 0 saturated carbocycles. The van der Waals surface area contributed by atoms with Crippen LogP contribution in [-0.4, -0.2) is 10.1 Å². The summed E-state index contributed by atoms with van der Waals surface area (Å²) >= 11 is 0. The molecule has 70 valence electrons. The molecule has 1 N–H and O–H groups in total. The maximum atomic E-state index is 9.68. The minimum atomic E-state index is -0.174. The molecule has 0 atom stereocenters. The van der Waals surface area contributed by atoms with E-state index >= 15 is 0 Å². The number of hydrogen-bond acceptors (Lipinski definition) is 4. The monoisotopic (exact) mass is 195 g/mol. The van der Waals surface area contributed by atoms with Gasteiger partial charge in [0.2, 0.25) is 0 Å². The third kappa shape index (κ3) is 1.25. The van der Waals surface area contributed by atoms with E-state index in [-0.39, 0.29) is 16.8 Å². The number of phenols is 1. The predicted octanol–water partition coefficient (Wildman–Crippen LogP) is 1.68. The largest absolute Gasteiger partial charge is 0.504 e. The fraction of sp³-hybridized carbons (Fsp3) is 0. The lowest BCUT2D eigenvalue weighted by Gasteiger charge is -2.03. The Morgan fingerprint density at radius 2 is 1.93 bits per heavy atom. The summed E-state index contributed by atoms with van der Waals surface area (Å²) < 4.78 is 0. The summed E-state index contributed by atoms with van der Waals surface area (Å²) in [6, 6.07) is 8.51. The first kappa shape index (κ1) is 8.98. The summed E-state index contributed by atoms with van der Waals surface area (Å²) in [5.74, 6) is -0.174. The molecule has 0 amide bonds. The second-order valence-corrected chi connectivity index (χ2v) is 2.94. The van der Waals surface area contributed by atoms with Crippen molar-refractivity contribution in [2.24, 2.45) is 0 Å². The summed E-state index contributed by atoms with van der Waals surface area (Å²) in [6.07, 6.45) is 1.50. The lowest BCUT2D eigenvalue weighted by atomic mass is 10.0. The van der Waals surface area contributed by atoms with Crippen LogP contribution in [0.2, 0.25) is 0 Å². The molecule has 15 heavy (non-hydrogen) atoms. The highest BCUT2D eigenvalue weighted by atomic mass is 16.3. The van der Waals surface area contributed by atoms with Crippen LogP contribution in [0, 0.1) is 22.7 Å². The Kier molecular flexibility index (Phi) is 1.97. The Hall–Kier alpha value is -2.59. The first-order valence-corrected chi connectivity index (χ1v) is 4.19. The molecule has 0 spiro atoms. The van der Waals surface area contributed by atoms with Gasteiger partial charge in [0.25, 0.3) is 0 Å². The summed E-state index contributed by atoms with van der Waals surface area (Å²) in [5.41, 5.74) is 0.693. The van der Waals surface area contributed by atoms with E-state index in [1.165, 1.54) is 12.3 Å². The van der Waals surface area contributed by atoms with Crippen molar-refractivity contribution in [1.29, 1.82) is 10.5 Å². The first-order chi connectivity index (χ1) is 7.27. The number of nitrogens with zero attached hydrogens (tertiary/aromatic N) is 3. The number of hydrogen-bond donors (Lipinski definition) is 1. The predicted molar refractivity (Wildman–Crippen MR) is 52.8 cm³/mol. The van der Waals surface area contributed by atoms with Gasteiger partial charge in [0.05, 0.1) is 17.2 Å². The Morgan fingerprint density at radius 3 is 2.60 bits per heavy atom. The van der Waals surface area contributed by atoms with Crippen molar-refractivity contribution >= 4 is 10.9 Å². The topological polar surface area (TPSA) is 80.7 Å². The zero-order valence-electron chi connectivity index (χ0n) is 7.60. The van der Waals surface area contributed by atoms with Crippen LogP contribution in [0.1, 0.15) is 11.1 Å². The molecular formula is C11H5N3O. The van der Waals surface area contributed by atoms with E-state index in [0.717, 1.165) is 0 Å². The minimum Gasteiger partial charge on any atom is -0.504 e. The summed E-state index contributed by atoms with van der Waals surface area (Å²) in [4.78, 5) is 3.95. The molecule has 0 saturated heterocycles. The van der Waals surface area contributed by atoms with E-state index in [9.17, 15) is 5.11 Å². The van der Waals surface area contributed by atoms with Crippen LogP contribution in [0.25, 0.3) is 10.9 Å². The van der Waals surface area contributed by atoms with Crippen LogP contribution in [-0.2, 0) is 0 Å². The maximum Gasteiger partial charge on any atom is 0.159 e. The van der Waals surface area contributed by atoms with Crippen molar-refractivity contribution in [3.63, 3.8) is 0 Å². The summed E-state index contributed by atoms with van der Waals surface area (Å²) in [6.45, 7) is 0. The molecule has 1 heterocycles. The molecule has 0 radical (unpaired) electrons. The molecular weight excluding hydrogens is 190 g/mol. The van der Waals surface area contributed by atoms with E-state index in [4.69, 9.17) is 10.5 Å². The van der Waals surface area contributed by atoms with Gasteiger partial charge in [0.15, 0.2) is 5.75 Å². The molecule has 4 heteroatoms. The number of benzene rings is 1. The zero-order chi connectivity index (χ0) is 10.8. The first-order valence-electron chi connectivity index (χ1n) is 4.19. The Balaban J connectivity index is 3.00. The van der Waals surface area contributed by atoms with E-state index in [1.54, 1.807) is 12.1 Å². The minimum absolute atomic E-state index is 0.0674. The van der Waals surface area contributed by atoms with Crippen LogP contribution in [0.4, 0.5) is 0 Å². The van der Waals surface area contributed by atoms with E-state index in [0.29, 0.717) is 10.9 Å². The van der Waals surface area contributed by atoms with E-state index in [1.807, 2.05) is 12.1 Å². The maximum absolute atomic E-state index is 9.68. The molecule has 2 rings (SSSR count). The number of fused-ring (bicyclic) bond motifs is 1. The smallest absolute Gasteiger partial charge is 0.159 e. The summed E-state index contributed by atoms with van der Waals surface area (Å²) in [7, 11) is 0. The van der Waals surface area contributed by atoms with Crippen molar-refractivity contribution in [3.05, 3.63) is 35.5 Å². The molecule has 2 aromatic rings. The van der Waals surface area contributed by atoms with Crippen LogP contribution in [0.5, 0.6) is 5.75 Å². The van der Waals surface area contributed by atoms with Crippen molar-refractivity contribution in [2.45, 2.75) is 0 Å². The molecule has 0 unspecified atom stereocenters. The average Bonchev–Trinajstić information content (AvgIpc) is 2.30. The molecule has 0 aliphatic carbocycles. The molecule has 0 fully saturated rings. The second kappa shape index (κ2) is 3.28. The average molecular weight is 195 g/mol. The normalized spacial score (nSPS) is 9.47. The molecule has 0 aliphatic heterocycles. The number of aromatic hydroxyl groups is 1. The van der Waals surface area contributed by atoms with Gasteiger partial charge in [0.1, 0.15) is 11.6 Å². The van der Waals surface area contributed by atoms with Gasteiger partial charge < -0.3 is 5.11 Å². The van der Waals surface area contributed by atoms with Gasteiger partial charge in [-0.15, -0.1) is 0 Å². The molecule has 1 aromatic carbocycles. The highest BCUT2D eigenvalue weighted by Crippen LogP contribution is 2.28. The van der Waals surface area contributed by atoms with Gasteiger partial charge >= 0.3 is 0 Å². The van der Waals surface area contributed by atoms with Gasteiger partial charge in [-0.3, -0.25) is 4.98 Å². The molecule has 0 aliphatic rings. The van der Waals surface area contributed by atoms with Gasteiger partial charge in [-0.1, -0.05) is 0 Å². The third-order valence-electron chi connectivity index (χ3n) is 2.11. The van der Waals surface area contributed by atoms with Crippen molar-refractivity contribution in [1.82, 2.24) is 4.98 Å². The highest BCUT2D eigenvalue weighted by Gasteiger charge is 2.11. The van der Waals surface area contributed by atoms with Crippen LogP contribution >= 0.6 is 0 Å². The van der Waals surface area contributed by atoms with Crippen LogP contribution in [0.3, 0.4) is 0 Å². The number of pyridine rings is 1. The fourth-order valence-electron chi connectivity index (χ4n) is 1.41. The summed E-state index contributed by atoms with van der Waals surface area (Å²) in [5, 5.41) is 27.9. The third-order valence-corrected chi connectivity index (χ3v) is 2.11. The second-order valence-electron chi connectivity index (χ2n) is 2.94. The standard InChI is InChI=1S/C11H5N3O/c12-5-7-4-8(6-13)11(15)10-9(7)2-1-3-14-10/h1-4,15H. The fourth-order valence-corrected chi connectivity index (χ4v) is 1.41. The van der Waals surface area contributed by atoms with Crippen LogP contribution < -0.4 is 0 Å². The number of aromatic nitrogens is 1. The van der Waals surface area contributed by atoms with Gasteiger partial charge in [-0.2, -0.15) is 10.5 Å². The van der Waals surface area contributed by atoms with Crippen molar-refractivity contribution in [3.8, 4) is 17.9 Å². The molecule has 4 nitrogen and oxygen atoms in total. The van der Waals surface area contributed by atoms with Crippen molar-refractivity contribution < 1.29 is 5.11 Å². The Morgan fingerprint density at radius 1 is 1.20 bits per heavy atom. The lowest BCUT2D eigenvalue weighted by molar-refractivity contribution is 0.478. The van der Waals surface area contributed by atoms with Crippen molar-refractivity contribution in [2.75, 3.05) is 0 Å². The molecule has 1 aromatic heterocycles. The van der Waals surface area contributed by atoms with Gasteiger partial charge in [0, 0.05) is 11.6 Å². The Labute approximate surface area is 85.6 Å². The lowest BCUT2D eigenvalue weighted by Crippen LogP contribution is -1.87. The van der Waals surface area contributed by atoms with E-state index < -0.39 is 0 Å². The SMILES string of the molecule is N#Cc1cc(C#N)c2cccnc2c1O. The Bertz CT molecular complexity index is 620. The van der Waals surface area contributed by atoms with Gasteiger partial charge in [-0.25, -0.2) is 0 Å². The zero-order valence-corrected chi connectivity index (χ0v) is 7.60. The van der Waals surface area contributed by atoms with E-state index in [2.05, 4.69) is 4.98 Å². The van der Waals surface area contributed by atoms with Crippen LogP contribution in [0.15, 0.2) is 24.4 Å².